The lowest BCUT2D eigenvalue weighted by Crippen LogP contribution is -2.50. The van der Waals surface area contributed by atoms with Crippen LogP contribution in [0.4, 0.5) is 0 Å². The Bertz CT molecular complexity index is 665. The molecule has 0 radical (unpaired) electrons. The number of hydrogen-bond acceptors (Lipinski definition) is 7. The molecule has 0 spiro atoms. The van der Waals surface area contributed by atoms with Crippen molar-refractivity contribution in [2.75, 3.05) is 53.5 Å². The van der Waals surface area contributed by atoms with Gasteiger partial charge in [0.1, 0.15) is 0 Å². The van der Waals surface area contributed by atoms with E-state index < -0.39 is 0 Å². The van der Waals surface area contributed by atoms with E-state index in [2.05, 4.69) is 31.3 Å². The molecule has 1 aromatic rings. The van der Waals surface area contributed by atoms with Crippen molar-refractivity contribution in [3.63, 3.8) is 0 Å². The monoisotopic (exact) mass is 455 g/mol. The number of likely N-dealkylation sites (tertiary alicyclic amines) is 1. The first-order valence-corrected chi connectivity index (χ1v) is 10.9. The van der Waals surface area contributed by atoms with Crippen LogP contribution in [0.3, 0.4) is 0 Å². The molecule has 1 amide bonds. The Balaban J connectivity index is 0.000000769. The van der Waals surface area contributed by atoms with E-state index in [1.54, 1.807) is 7.11 Å². The average molecular weight is 456 g/mol. The Kier molecular flexibility index (Phi) is 13.9. The summed E-state index contributed by atoms with van der Waals surface area (Å²) in [4.78, 5) is 40.7. The van der Waals surface area contributed by atoms with E-state index in [1.807, 2.05) is 12.5 Å². The third-order valence-electron chi connectivity index (χ3n) is 5.68. The van der Waals surface area contributed by atoms with Crippen LogP contribution in [-0.2, 0) is 32.2 Å². The van der Waals surface area contributed by atoms with Crippen molar-refractivity contribution in [3.8, 4) is 0 Å². The highest BCUT2D eigenvalue weighted by molar-refractivity contribution is 5.82. The molecule has 3 rings (SSSR count). The van der Waals surface area contributed by atoms with Crippen LogP contribution < -0.4 is 0 Å². The fourth-order valence-corrected chi connectivity index (χ4v) is 4.05. The number of carbonyl (C=O) groups excluding carboxylic acids is 1. The third-order valence-corrected chi connectivity index (χ3v) is 5.68. The van der Waals surface area contributed by atoms with Crippen LogP contribution >= 0.6 is 0 Å². The number of likely N-dealkylation sites (N-methyl/N-ethyl adjacent to an activating group) is 1. The highest BCUT2D eigenvalue weighted by Gasteiger charge is 2.30. The number of carbonyl (C=O) groups is 3. The summed E-state index contributed by atoms with van der Waals surface area (Å²) in [6.45, 7) is 6.62. The minimum Gasteiger partial charge on any atom is -0.483 e. The van der Waals surface area contributed by atoms with Gasteiger partial charge in [0.15, 0.2) is 0 Å². The van der Waals surface area contributed by atoms with Crippen LogP contribution in [0.1, 0.15) is 31.4 Å². The van der Waals surface area contributed by atoms with E-state index in [0.29, 0.717) is 12.5 Å². The van der Waals surface area contributed by atoms with Gasteiger partial charge in [0.25, 0.3) is 12.9 Å². The normalized spacial score (nSPS) is 19.6. The summed E-state index contributed by atoms with van der Waals surface area (Å²) >= 11 is 0. The predicted octanol–water partition coefficient (Wildman–Crippen LogP) is 0.450. The molecule has 1 aromatic heterocycles. The van der Waals surface area contributed by atoms with Gasteiger partial charge < -0.3 is 24.4 Å². The molecule has 11 nitrogen and oxygen atoms in total. The number of ether oxygens (including phenoxy) is 1. The number of imidazole rings is 1. The maximum Gasteiger partial charge on any atom is 0.290 e. The largest absolute Gasteiger partial charge is 0.483 e. The molecule has 32 heavy (non-hydrogen) atoms. The molecular weight excluding hydrogens is 418 g/mol. The molecule has 11 heteroatoms. The lowest BCUT2D eigenvalue weighted by molar-refractivity contribution is -0.137. The Morgan fingerprint density at radius 1 is 1.12 bits per heavy atom. The summed E-state index contributed by atoms with van der Waals surface area (Å²) in [6, 6.07) is 0.0887. The summed E-state index contributed by atoms with van der Waals surface area (Å²) in [5.74, 6) is 0.333. The molecule has 2 aliphatic heterocycles. The number of aromatic nitrogens is 2. The van der Waals surface area contributed by atoms with Crippen LogP contribution in [0.5, 0.6) is 0 Å². The van der Waals surface area contributed by atoms with E-state index in [0.717, 1.165) is 58.7 Å². The molecule has 0 aromatic carbocycles. The summed E-state index contributed by atoms with van der Waals surface area (Å²) in [5.41, 5.74) is 1.22. The minimum atomic E-state index is -0.250. The van der Waals surface area contributed by atoms with Gasteiger partial charge in [-0.2, -0.15) is 0 Å². The smallest absolute Gasteiger partial charge is 0.290 e. The van der Waals surface area contributed by atoms with E-state index in [9.17, 15) is 4.79 Å². The van der Waals surface area contributed by atoms with Crippen molar-refractivity contribution in [2.24, 2.45) is 0 Å². The van der Waals surface area contributed by atoms with Gasteiger partial charge in [0.05, 0.1) is 24.7 Å². The zero-order chi connectivity index (χ0) is 23.8. The fourth-order valence-electron chi connectivity index (χ4n) is 4.05. The lowest BCUT2D eigenvalue weighted by Gasteiger charge is -2.35. The van der Waals surface area contributed by atoms with E-state index in [-0.39, 0.29) is 19.0 Å². The molecule has 1 unspecified atom stereocenters. The minimum absolute atomic E-state index is 0.0887. The number of carboxylic acid groups (broad SMARTS) is 2. The van der Waals surface area contributed by atoms with Crippen LogP contribution in [0.15, 0.2) is 12.5 Å². The molecule has 2 fully saturated rings. The van der Waals surface area contributed by atoms with Gasteiger partial charge in [0, 0.05) is 52.6 Å². The predicted molar refractivity (Wildman–Crippen MR) is 118 cm³/mol. The zero-order valence-electron chi connectivity index (χ0n) is 19.1. The first-order chi connectivity index (χ1) is 15.5. The second-order valence-corrected chi connectivity index (χ2v) is 7.73. The second kappa shape index (κ2) is 16.2. The van der Waals surface area contributed by atoms with Crippen LogP contribution in [0, 0.1) is 0 Å². The molecular formula is C21H37N5O6. The average Bonchev–Trinajstić information content (AvgIpc) is 3.08. The third kappa shape index (κ3) is 9.33. The maximum atomic E-state index is 13.0. The van der Waals surface area contributed by atoms with Gasteiger partial charge in [-0.1, -0.05) is 6.42 Å². The van der Waals surface area contributed by atoms with Gasteiger partial charge in [-0.05, 0) is 32.9 Å². The zero-order valence-corrected chi connectivity index (χ0v) is 19.1. The Hall–Kier alpha value is -2.50. The second-order valence-electron chi connectivity index (χ2n) is 7.73. The van der Waals surface area contributed by atoms with E-state index in [4.69, 9.17) is 24.5 Å². The van der Waals surface area contributed by atoms with Crippen LogP contribution in [0.25, 0.3) is 0 Å². The number of rotatable bonds is 6. The molecule has 3 heterocycles. The Labute approximate surface area is 189 Å². The van der Waals surface area contributed by atoms with Crippen molar-refractivity contribution in [1.82, 2.24) is 24.3 Å². The van der Waals surface area contributed by atoms with Crippen molar-refractivity contribution < 1.29 is 29.3 Å². The van der Waals surface area contributed by atoms with Crippen LogP contribution in [-0.4, -0.2) is 113 Å². The Morgan fingerprint density at radius 3 is 2.50 bits per heavy atom. The lowest BCUT2D eigenvalue weighted by atomic mass is 10.0. The summed E-state index contributed by atoms with van der Waals surface area (Å²) in [6.07, 6.45) is 8.25. The van der Waals surface area contributed by atoms with Crippen molar-refractivity contribution in [1.29, 1.82) is 0 Å². The van der Waals surface area contributed by atoms with Gasteiger partial charge in [-0.3, -0.25) is 24.2 Å². The van der Waals surface area contributed by atoms with E-state index in [1.165, 1.54) is 18.5 Å². The van der Waals surface area contributed by atoms with Crippen molar-refractivity contribution >= 4 is 18.9 Å². The van der Waals surface area contributed by atoms with Crippen molar-refractivity contribution in [3.05, 3.63) is 18.2 Å². The van der Waals surface area contributed by atoms with Gasteiger partial charge in [-0.15, -0.1) is 0 Å². The fraction of sp³-hybridized carbons (Fsp3) is 0.714. The maximum absolute atomic E-state index is 13.0. The van der Waals surface area contributed by atoms with E-state index >= 15 is 0 Å². The summed E-state index contributed by atoms with van der Waals surface area (Å²) in [5, 5.41) is 13.8. The van der Waals surface area contributed by atoms with Gasteiger partial charge in [0.2, 0.25) is 5.91 Å². The van der Waals surface area contributed by atoms with Gasteiger partial charge in [-0.25, -0.2) is 4.98 Å². The topological polar surface area (TPSA) is 128 Å². The summed E-state index contributed by atoms with van der Waals surface area (Å²) in [7, 11) is 3.81. The molecule has 1 atom stereocenters. The quantitative estimate of drug-likeness (QED) is 0.588. The van der Waals surface area contributed by atoms with Crippen molar-refractivity contribution in [2.45, 2.75) is 44.8 Å². The SMILES string of the molecule is COCCn1cncc1CN1CCCN(C(=O)C2CCCCN2C)CC1.O=CO.O=CO. The first-order valence-electron chi connectivity index (χ1n) is 10.9. The number of hydrogen-bond donors (Lipinski definition) is 2. The first kappa shape index (κ1) is 27.5. The standard InChI is InChI=1S/C19H33N5O2.2CH2O2/c1-21-7-4-3-6-18(21)19(25)23-9-5-8-22(10-11-23)15-17-14-20-16-24(17)12-13-26-2;2*2-1-3/h14,16,18H,3-13,15H2,1-2H3;2*1H,(H,2,3). The Morgan fingerprint density at radius 2 is 1.84 bits per heavy atom. The highest BCUT2D eigenvalue weighted by Crippen LogP contribution is 2.18. The molecule has 2 aliphatic rings. The number of methoxy groups -OCH3 is 1. The number of piperidine rings is 1. The van der Waals surface area contributed by atoms with Gasteiger partial charge >= 0.3 is 0 Å². The van der Waals surface area contributed by atoms with Crippen LogP contribution in [0.2, 0.25) is 0 Å². The molecule has 0 bridgehead atoms. The molecule has 2 N–H and O–H groups in total. The molecule has 2 saturated heterocycles. The molecule has 0 saturated carbocycles. The number of amides is 1. The molecule has 182 valence electrons. The highest BCUT2D eigenvalue weighted by atomic mass is 16.5. The molecule has 0 aliphatic carbocycles. The number of nitrogens with zero attached hydrogens (tertiary/aromatic N) is 5. The summed E-state index contributed by atoms with van der Waals surface area (Å²) < 4.78 is 7.34.